The maximum atomic E-state index is 12.1. The van der Waals surface area contributed by atoms with Gasteiger partial charge in [0.05, 0.1) is 10.4 Å². The van der Waals surface area contributed by atoms with Crippen LogP contribution in [0.3, 0.4) is 0 Å². The predicted molar refractivity (Wildman–Crippen MR) is 79.3 cm³/mol. The van der Waals surface area contributed by atoms with Crippen molar-refractivity contribution >= 4 is 17.2 Å². The minimum Gasteiger partial charge on any atom is -0.384 e. The number of hydrogen-bond acceptors (Lipinski definition) is 3. The van der Waals surface area contributed by atoms with Crippen LogP contribution in [0, 0.1) is 17.8 Å². The Kier molecular flexibility index (Phi) is 6.61. The first kappa shape index (κ1) is 15.7. The monoisotopic (exact) mass is 279 g/mol. The molecule has 0 aliphatic carbocycles. The van der Waals surface area contributed by atoms with Crippen LogP contribution in [0.25, 0.3) is 0 Å². The van der Waals surface area contributed by atoms with Crippen LogP contribution < -0.4 is 5.32 Å². The minimum absolute atomic E-state index is 0.0484. The summed E-state index contributed by atoms with van der Waals surface area (Å²) in [6.07, 6.45) is 2.13. The molecule has 0 saturated carbocycles. The van der Waals surface area contributed by atoms with Crippen LogP contribution in [0.4, 0.5) is 0 Å². The third-order valence-electron chi connectivity index (χ3n) is 3.27. The van der Waals surface area contributed by atoms with Crippen molar-refractivity contribution in [3.05, 3.63) is 21.9 Å². The quantitative estimate of drug-likeness (QED) is 0.814. The lowest BCUT2D eigenvalue weighted by Crippen LogP contribution is -2.37. The Morgan fingerprint density at radius 1 is 1.47 bits per heavy atom. The smallest absolute Gasteiger partial charge is 0.252 e. The van der Waals surface area contributed by atoms with Gasteiger partial charge in [0.1, 0.15) is 6.61 Å². The van der Waals surface area contributed by atoms with Gasteiger partial charge in [0.2, 0.25) is 0 Å². The number of carbonyl (C=O) groups excluding carboxylic acids is 1. The second-order valence-electron chi connectivity index (χ2n) is 4.50. The van der Waals surface area contributed by atoms with Gasteiger partial charge in [0, 0.05) is 11.4 Å². The van der Waals surface area contributed by atoms with Gasteiger partial charge in [-0.25, -0.2) is 0 Å². The number of aliphatic hydroxyl groups excluding tert-OH is 1. The number of thiophene rings is 1. The second kappa shape index (κ2) is 7.98. The number of nitrogens with one attached hydrogen (secondary N) is 1. The largest absolute Gasteiger partial charge is 0.384 e. The van der Waals surface area contributed by atoms with Crippen molar-refractivity contribution in [3.63, 3.8) is 0 Å². The summed E-state index contributed by atoms with van der Waals surface area (Å²) >= 11 is 1.42. The van der Waals surface area contributed by atoms with Gasteiger partial charge < -0.3 is 10.4 Å². The number of rotatable bonds is 5. The van der Waals surface area contributed by atoms with Crippen molar-refractivity contribution in [2.24, 2.45) is 5.92 Å². The van der Waals surface area contributed by atoms with Gasteiger partial charge >= 0.3 is 0 Å². The molecule has 0 aliphatic rings. The average Bonchev–Trinajstić information content (AvgIpc) is 2.86. The van der Waals surface area contributed by atoms with Crippen molar-refractivity contribution < 1.29 is 9.90 Å². The van der Waals surface area contributed by atoms with Crippen molar-refractivity contribution in [2.45, 2.75) is 39.7 Å². The van der Waals surface area contributed by atoms with Gasteiger partial charge in [0.15, 0.2) is 0 Å². The molecule has 1 atom stereocenters. The van der Waals surface area contributed by atoms with E-state index in [-0.39, 0.29) is 18.6 Å². The molecule has 0 fully saturated rings. The molecule has 0 aliphatic heterocycles. The topological polar surface area (TPSA) is 49.3 Å². The SMILES string of the molecule is CCC(CC)C(C)NC(=O)c1csc(C#CCO)c1. The Hall–Kier alpha value is -1.31. The number of amides is 1. The average molecular weight is 279 g/mol. The summed E-state index contributed by atoms with van der Waals surface area (Å²) in [6.45, 7) is 6.17. The molecule has 19 heavy (non-hydrogen) atoms. The number of carbonyl (C=O) groups is 1. The summed E-state index contributed by atoms with van der Waals surface area (Å²) < 4.78 is 0. The van der Waals surface area contributed by atoms with E-state index in [1.165, 1.54) is 11.3 Å². The zero-order valence-electron chi connectivity index (χ0n) is 11.7. The van der Waals surface area contributed by atoms with Crippen molar-refractivity contribution in [1.29, 1.82) is 0 Å². The first-order chi connectivity index (χ1) is 9.12. The van der Waals surface area contributed by atoms with E-state index in [0.717, 1.165) is 17.7 Å². The predicted octanol–water partition coefficient (Wildman–Crippen LogP) is 2.65. The molecule has 1 unspecified atom stereocenters. The molecule has 2 N–H and O–H groups in total. The molecule has 1 amide bonds. The third-order valence-corrected chi connectivity index (χ3v) is 4.11. The maximum Gasteiger partial charge on any atom is 0.252 e. The molecule has 0 radical (unpaired) electrons. The van der Waals surface area contributed by atoms with E-state index in [0.29, 0.717) is 11.5 Å². The highest BCUT2D eigenvalue weighted by molar-refractivity contribution is 7.10. The highest BCUT2D eigenvalue weighted by atomic mass is 32.1. The van der Waals surface area contributed by atoms with Crippen molar-refractivity contribution in [2.75, 3.05) is 6.61 Å². The molecular formula is C15H21NO2S. The lowest BCUT2D eigenvalue weighted by atomic mass is 9.95. The molecule has 0 aromatic carbocycles. The highest BCUT2D eigenvalue weighted by Gasteiger charge is 2.17. The van der Waals surface area contributed by atoms with Crippen LogP contribution >= 0.6 is 11.3 Å². The van der Waals surface area contributed by atoms with Crippen LogP contribution in [-0.2, 0) is 0 Å². The molecule has 1 aromatic heterocycles. The zero-order chi connectivity index (χ0) is 14.3. The zero-order valence-corrected chi connectivity index (χ0v) is 12.5. The minimum atomic E-state index is -0.162. The molecule has 1 heterocycles. The van der Waals surface area contributed by atoms with E-state index in [1.807, 2.05) is 0 Å². The molecule has 104 valence electrons. The van der Waals surface area contributed by atoms with E-state index in [9.17, 15) is 4.79 Å². The molecular weight excluding hydrogens is 258 g/mol. The Bertz CT molecular complexity index is 466. The van der Waals surface area contributed by atoms with Gasteiger partial charge in [-0.05, 0) is 18.9 Å². The van der Waals surface area contributed by atoms with E-state index in [2.05, 4.69) is 37.9 Å². The Labute approximate surface area is 119 Å². The Morgan fingerprint density at radius 2 is 2.16 bits per heavy atom. The fraction of sp³-hybridized carbons (Fsp3) is 0.533. The lowest BCUT2D eigenvalue weighted by Gasteiger charge is -2.22. The third kappa shape index (κ3) is 4.70. The maximum absolute atomic E-state index is 12.1. The van der Waals surface area contributed by atoms with E-state index < -0.39 is 0 Å². The van der Waals surface area contributed by atoms with Crippen LogP contribution in [0.2, 0.25) is 0 Å². The lowest BCUT2D eigenvalue weighted by molar-refractivity contribution is 0.0925. The molecule has 1 rings (SSSR count). The van der Waals surface area contributed by atoms with E-state index in [4.69, 9.17) is 5.11 Å². The van der Waals surface area contributed by atoms with Crippen molar-refractivity contribution in [1.82, 2.24) is 5.32 Å². The first-order valence-corrected chi connectivity index (χ1v) is 7.49. The fourth-order valence-electron chi connectivity index (χ4n) is 2.05. The summed E-state index contributed by atoms with van der Waals surface area (Å²) in [5.41, 5.74) is 0.644. The Morgan fingerprint density at radius 3 is 2.74 bits per heavy atom. The van der Waals surface area contributed by atoms with Gasteiger partial charge in [-0.1, -0.05) is 38.5 Å². The molecule has 0 bridgehead atoms. The first-order valence-electron chi connectivity index (χ1n) is 6.61. The van der Waals surface area contributed by atoms with Crippen LogP contribution in [0.5, 0.6) is 0 Å². The summed E-state index contributed by atoms with van der Waals surface area (Å²) in [7, 11) is 0. The molecule has 4 heteroatoms. The second-order valence-corrected chi connectivity index (χ2v) is 5.41. The summed E-state index contributed by atoms with van der Waals surface area (Å²) in [4.78, 5) is 12.9. The highest BCUT2D eigenvalue weighted by Crippen LogP contribution is 2.16. The van der Waals surface area contributed by atoms with Gasteiger partial charge in [0.25, 0.3) is 5.91 Å². The van der Waals surface area contributed by atoms with E-state index >= 15 is 0 Å². The molecule has 0 saturated heterocycles. The summed E-state index contributed by atoms with van der Waals surface area (Å²) in [5, 5.41) is 13.5. The molecule has 3 nitrogen and oxygen atoms in total. The van der Waals surface area contributed by atoms with Gasteiger partial charge in [-0.2, -0.15) is 0 Å². The van der Waals surface area contributed by atoms with Crippen LogP contribution in [0.15, 0.2) is 11.4 Å². The molecule has 0 spiro atoms. The van der Waals surface area contributed by atoms with Crippen LogP contribution in [0.1, 0.15) is 48.8 Å². The summed E-state index contributed by atoms with van der Waals surface area (Å²) in [5.74, 6) is 5.85. The standard InChI is InChI=1S/C15H21NO2S/c1-4-12(5-2)11(3)16-15(18)13-9-14(19-10-13)7-6-8-17/h9-12,17H,4-5,8H2,1-3H3,(H,16,18). The normalized spacial score (nSPS) is 11.8. The van der Waals surface area contributed by atoms with Crippen LogP contribution in [-0.4, -0.2) is 23.7 Å². The Balaban J connectivity index is 2.65. The molecule has 1 aromatic rings. The van der Waals surface area contributed by atoms with Gasteiger partial charge in [-0.15, -0.1) is 11.3 Å². The van der Waals surface area contributed by atoms with E-state index in [1.54, 1.807) is 11.4 Å². The van der Waals surface area contributed by atoms with Crippen molar-refractivity contribution in [3.8, 4) is 11.8 Å². The fourth-order valence-corrected chi connectivity index (χ4v) is 2.81. The van der Waals surface area contributed by atoms with Gasteiger partial charge in [-0.3, -0.25) is 4.79 Å². The number of hydrogen-bond donors (Lipinski definition) is 2. The number of aliphatic hydroxyl groups is 1. The summed E-state index contributed by atoms with van der Waals surface area (Å²) in [6, 6.07) is 1.94.